The molecule has 1 aromatic carbocycles. The summed E-state index contributed by atoms with van der Waals surface area (Å²) in [5, 5.41) is 12.6. The predicted molar refractivity (Wildman–Crippen MR) is 124 cm³/mol. The lowest BCUT2D eigenvalue weighted by Gasteiger charge is -2.31. The first kappa shape index (κ1) is 21.8. The van der Waals surface area contributed by atoms with E-state index < -0.39 is 17.7 Å². The number of hydrogen-bond acceptors (Lipinski definition) is 5. The molecule has 5 nitrogen and oxygen atoms in total. The summed E-state index contributed by atoms with van der Waals surface area (Å²) in [4.78, 5) is 30.9. The van der Waals surface area contributed by atoms with Crippen LogP contribution in [0.25, 0.3) is 0 Å². The minimum Gasteiger partial charge on any atom is -0.503 e. The minimum absolute atomic E-state index is 0.198. The van der Waals surface area contributed by atoms with E-state index in [0.29, 0.717) is 17.3 Å². The molecule has 1 N–H and O–H groups in total. The van der Waals surface area contributed by atoms with Crippen LogP contribution < -0.4 is 0 Å². The highest BCUT2D eigenvalue weighted by atomic mass is 32.1. The van der Waals surface area contributed by atoms with Crippen LogP contribution in [0.3, 0.4) is 0 Å². The van der Waals surface area contributed by atoms with Gasteiger partial charge in [-0.1, -0.05) is 50.6 Å². The molecule has 0 aliphatic carbocycles. The highest BCUT2D eigenvalue weighted by Crippen LogP contribution is 2.39. The second-order valence-corrected chi connectivity index (χ2v) is 9.64. The summed E-state index contributed by atoms with van der Waals surface area (Å²) < 4.78 is 0. The Morgan fingerprint density at radius 1 is 1.10 bits per heavy atom. The van der Waals surface area contributed by atoms with Crippen LogP contribution in [0, 0.1) is 0 Å². The topological polar surface area (TPSA) is 60.9 Å². The van der Waals surface area contributed by atoms with Crippen molar-refractivity contribution in [3.8, 4) is 0 Å². The van der Waals surface area contributed by atoms with Crippen molar-refractivity contribution < 1.29 is 14.7 Å². The van der Waals surface area contributed by atoms with Crippen molar-refractivity contribution in [3.63, 3.8) is 0 Å². The van der Waals surface area contributed by atoms with Gasteiger partial charge in [-0.25, -0.2) is 0 Å². The first-order valence-electron chi connectivity index (χ1n) is 11.1. The SMILES string of the molecule is CC(C)c1ccc(C2C(C(=O)c3cccs3)=C(O)C(=O)N2CCN2CCCCC2)cc1. The maximum atomic E-state index is 13.3. The number of amides is 1. The van der Waals surface area contributed by atoms with Gasteiger partial charge in [0.1, 0.15) is 0 Å². The summed E-state index contributed by atoms with van der Waals surface area (Å²) in [7, 11) is 0. The van der Waals surface area contributed by atoms with Crippen LogP contribution in [0.2, 0.25) is 0 Å². The van der Waals surface area contributed by atoms with Gasteiger partial charge in [0.05, 0.1) is 16.5 Å². The number of hydrogen-bond donors (Lipinski definition) is 1. The normalized spacial score (nSPS) is 20.2. The van der Waals surface area contributed by atoms with E-state index in [0.717, 1.165) is 25.2 Å². The summed E-state index contributed by atoms with van der Waals surface area (Å²) in [5.74, 6) is -0.727. The van der Waals surface area contributed by atoms with Crippen LogP contribution in [0.4, 0.5) is 0 Å². The summed E-state index contributed by atoms with van der Waals surface area (Å²) in [6, 6.07) is 11.1. The Kier molecular flexibility index (Phi) is 6.58. The van der Waals surface area contributed by atoms with E-state index in [1.54, 1.807) is 11.0 Å². The van der Waals surface area contributed by atoms with E-state index in [4.69, 9.17) is 0 Å². The molecule has 1 fully saturated rings. The standard InChI is InChI=1S/C25H30N2O3S/c1-17(2)18-8-10-19(11-9-18)22-21(23(28)20-7-6-16-31-20)24(29)25(30)27(22)15-14-26-12-4-3-5-13-26/h6-11,16-17,22,29H,3-5,12-15H2,1-2H3. The number of Topliss-reactive ketones (excluding diaryl/α,β-unsaturated/α-hetero) is 1. The Balaban J connectivity index is 1.66. The van der Waals surface area contributed by atoms with Crippen molar-refractivity contribution in [3.05, 3.63) is 69.1 Å². The average molecular weight is 439 g/mol. The van der Waals surface area contributed by atoms with Crippen LogP contribution in [0.1, 0.15) is 65.9 Å². The fourth-order valence-electron chi connectivity index (χ4n) is 4.50. The van der Waals surface area contributed by atoms with E-state index in [-0.39, 0.29) is 11.4 Å². The molecule has 2 aliphatic heterocycles. The molecular weight excluding hydrogens is 408 g/mol. The van der Waals surface area contributed by atoms with Crippen molar-refractivity contribution >= 4 is 23.0 Å². The van der Waals surface area contributed by atoms with Gasteiger partial charge in [-0.15, -0.1) is 11.3 Å². The Bertz CT molecular complexity index is 957. The van der Waals surface area contributed by atoms with Crippen LogP contribution in [0.15, 0.2) is 53.1 Å². The van der Waals surface area contributed by atoms with Gasteiger partial charge in [-0.3, -0.25) is 9.59 Å². The highest BCUT2D eigenvalue weighted by Gasteiger charge is 2.43. The van der Waals surface area contributed by atoms with E-state index in [9.17, 15) is 14.7 Å². The molecule has 1 amide bonds. The molecule has 2 aromatic rings. The van der Waals surface area contributed by atoms with E-state index in [1.807, 2.05) is 23.6 Å². The Morgan fingerprint density at radius 2 is 1.81 bits per heavy atom. The zero-order valence-corrected chi connectivity index (χ0v) is 19.0. The van der Waals surface area contributed by atoms with Gasteiger partial charge in [0.15, 0.2) is 5.76 Å². The quantitative estimate of drug-likeness (QED) is 0.623. The van der Waals surface area contributed by atoms with E-state index >= 15 is 0 Å². The van der Waals surface area contributed by atoms with Gasteiger partial charge >= 0.3 is 0 Å². The highest BCUT2D eigenvalue weighted by molar-refractivity contribution is 7.12. The minimum atomic E-state index is -0.562. The molecule has 1 aromatic heterocycles. The number of aliphatic hydroxyl groups is 1. The largest absolute Gasteiger partial charge is 0.503 e. The lowest BCUT2D eigenvalue weighted by Crippen LogP contribution is -2.40. The van der Waals surface area contributed by atoms with Crippen LogP contribution >= 0.6 is 11.3 Å². The van der Waals surface area contributed by atoms with Gasteiger partial charge in [0.25, 0.3) is 5.91 Å². The number of ketones is 1. The molecule has 1 atom stereocenters. The molecule has 1 saturated heterocycles. The molecule has 0 bridgehead atoms. The van der Waals surface area contributed by atoms with Crippen LogP contribution in [-0.2, 0) is 4.79 Å². The van der Waals surface area contributed by atoms with Crippen molar-refractivity contribution in [2.45, 2.75) is 45.1 Å². The summed E-state index contributed by atoms with van der Waals surface area (Å²) in [6.07, 6.45) is 3.62. The molecule has 6 heteroatoms. The molecule has 0 spiro atoms. The monoisotopic (exact) mass is 438 g/mol. The molecule has 31 heavy (non-hydrogen) atoms. The van der Waals surface area contributed by atoms with Gasteiger partial charge in [-0.2, -0.15) is 0 Å². The number of likely N-dealkylation sites (tertiary alicyclic amines) is 1. The van der Waals surface area contributed by atoms with Gasteiger partial charge in [0.2, 0.25) is 5.78 Å². The number of carbonyl (C=O) groups is 2. The van der Waals surface area contributed by atoms with Crippen molar-refractivity contribution in [1.82, 2.24) is 9.80 Å². The molecule has 4 rings (SSSR count). The molecule has 0 saturated carbocycles. The lowest BCUT2D eigenvalue weighted by atomic mass is 9.93. The third-order valence-corrected chi connectivity index (χ3v) is 7.19. The second kappa shape index (κ2) is 9.37. The number of rotatable bonds is 7. The van der Waals surface area contributed by atoms with Gasteiger partial charge in [-0.05, 0) is 54.4 Å². The van der Waals surface area contributed by atoms with E-state index in [2.05, 4.69) is 30.9 Å². The number of thiophene rings is 1. The van der Waals surface area contributed by atoms with Gasteiger partial charge < -0.3 is 14.9 Å². The Labute approximate surface area is 188 Å². The number of carbonyl (C=O) groups excluding carboxylic acids is 2. The first-order chi connectivity index (χ1) is 15.0. The lowest BCUT2D eigenvalue weighted by molar-refractivity contribution is -0.129. The molecule has 164 valence electrons. The van der Waals surface area contributed by atoms with Crippen LogP contribution in [-0.4, -0.2) is 52.8 Å². The summed E-state index contributed by atoms with van der Waals surface area (Å²) in [6.45, 7) is 7.58. The van der Waals surface area contributed by atoms with Crippen molar-refractivity contribution in [2.75, 3.05) is 26.2 Å². The molecular formula is C25H30N2O3S. The second-order valence-electron chi connectivity index (χ2n) is 8.69. The molecule has 0 radical (unpaired) electrons. The van der Waals surface area contributed by atoms with Gasteiger partial charge in [0, 0.05) is 13.1 Å². The molecule has 1 unspecified atom stereocenters. The Hall–Kier alpha value is -2.44. The third-order valence-electron chi connectivity index (χ3n) is 6.32. The zero-order valence-electron chi connectivity index (χ0n) is 18.2. The number of aliphatic hydroxyl groups excluding tert-OH is 1. The van der Waals surface area contributed by atoms with Crippen LogP contribution in [0.5, 0.6) is 0 Å². The molecule has 3 heterocycles. The first-order valence-corrected chi connectivity index (χ1v) is 12.0. The fraction of sp³-hybridized carbons (Fsp3) is 0.440. The van der Waals surface area contributed by atoms with Crippen molar-refractivity contribution in [2.24, 2.45) is 0 Å². The zero-order chi connectivity index (χ0) is 22.0. The average Bonchev–Trinajstić information content (AvgIpc) is 3.41. The fourth-order valence-corrected chi connectivity index (χ4v) is 5.18. The maximum absolute atomic E-state index is 13.3. The number of nitrogens with zero attached hydrogens (tertiary/aromatic N) is 2. The van der Waals surface area contributed by atoms with Crippen molar-refractivity contribution in [1.29, 1.82) is 0 Å². The Morgan fingerprint density at radius 3 is 2.42 bits per heavy atom. The summed E-state index contributed by atoms with van der Waals surface area (Å²) in [5.41, 5.74) is 2.26. The number of piperidine rings is 1. The van der Waals surface area contributed by atoms with E-state index in [1.165, 1.54) is 36.2 Å². The number of benzene rings is 1. The smallest absolute Gasteiger partial charge is 0.290 e. The maximum Gasteiger partial charge on any atom is 0.290 e. The summed E-state index contributed by atoms with van der Waals surface area (Å²) >= 11 is 1.33. The predicted octanol–water partition coefficient (Wildman–Crippen LogP) is 4.94. The third kappa shape index (κ3) is 4.46. The molecule has 2 aliphatic rings.